The zero-order valence-electron chi connectivity index (χ0n) is 17.2. The molecule has 0 unspecified atom stereocenters. The van der Waals surface area contributed by atoms with E-state index < -0.39 is 0 Å². The van der Waals surface area contributed by atoms with E-state index in [-0.39, 0.29) is 18.3 Å². The molecule has 2 aliphatic heterocycles. The maximum absolute atomic E-state index is 6.17. The van der Waals surface area contributed by atoms with Crippen molar-refractivity contribution in [1.82, 2.24) is 0 Å². The van der Waals surface area contributed by atoms with Crippen LogP contribution < -0.4 is 10.4 Å². The molecule has 0 amide bonds. The molecule has 2 aliphatic rings. The van der Waals surface area contributed by atoms with Gasteiger partial charge in [0.05, 0.1) is 11.2 Å². The van der Waals surface area contributed by atoms with Crippen molar-refractivity contribution < 1.29 is 9.31 Å². The summed E-state index contributed by atoms with van der Waals surface area (Å²) in [5.41, 5.74) is 6.02. The molecular weight excluding hydrogens is 333 g/mol. The van der Waals surface area contributed by atoms with Gasteiger partial charge in [0.1, 0.15) is 0 Å². The zero-order valence-corrected chi connectivity index (χ0v) is 17.2. The molecule has 4 rings (SSSR count). The van der Waals surface area contributed by atoms with Crippen LogP contribution in [0.2, 0.25) is 0 Å². The molecule has 2 heterocycles. The average Bonchev–Trinajstić information content (AvgIpc) is 2.84. The van der Waals surface area contributed by atoms with Crippen LogP contribution >= 0.6 is 0 Å². The van der Waals surface area contributed by atoms with Crippen LogP contribution in [0.15, 0.2) is 42.5 Å². The Kier molecular flexibility index (Phi) is 4.60. The largest absolute Gasteiger partial charge is 0.494 e. The quantitative estimate of drug-likeness (QED) is 0.761. The van der Waals surface area contributed by atoms with Crippen molar-refractivity contribution in [2.75, 3.05) is 11.4 Å². The normalized spacial score (nSPS) is 20.6. The molecular formula is C23H30BNO2. The van der Waals surface area contributed by atoms with Gasteiger partial charge in [-0.05, 0) is 75.7 Å². The summed E-state index contributed by atoms with van der Waals surface area (Å²) in [7, 11) is -0.289. The number of fused-ring (bicyclic) bond motifs is 1. The lowest BCUT2D eigenvalue weighted by molar-refractivity contribution is 0.00578. The van der Waals surface area contributed by atoms with E-state index in [9.17, 15) is 0 Å². The Morgan fingerprint density at radius 1 is 0.963 bits per heavy atom. The van der Waals surface area contributed by atoms with Gasteiger partial charge in [0.25, 0.3) is 0 Å². The molecule has 0 bridgehead atoms. The van der Waals surface area contributed by atoms with Crippen LogP contribution in [0.4, 0.5) is 5.69 Å². The van der Waals surface area contributed by atoms with E-state index in [0.29, 0.717) is 0 Å². The third-order valence-electron chi connectivity index (χ3n) is 6.33. The molecule has 0 atom stereocenters. The van der Waals surface area contributed by atoms with Crippen LogP contribution in [0.3, 0.4) is 0 Å². The molecule has 3 nitrogen and oxygen atoms in total. The van der Waals surface area contributed by atoms with Crippen molar-refractivity contribution in [2.45, 2.75) is 65.2 Å². The van der Waals surface area contributed by atoms with Gasteiger partial charge in [-0.1, -0.05) is 36.4 Å². The Morgan fingerprint density at radius 2 is 1.63 bits per heavy atom. The fourth-order valence-electron chi connectivity index (χ4n) is 3.90. The van der Waals surface area contributed by atoms with Crippen molar-refractivity contribution in [2.24, 2.45) is 0 Å². The Labute approximate surface area is 163 Å². The highest BCUT2D eigenvalue weighted by Gasteiger charge is 2.51. The Hall–Kier alpha value is -1.78. The SMILES string of the molecule is Cc1ccc2c(c1)N(Cc1ccc(B3OC(C)(C)C(C)(C)O3)cc1)CCC2. The van der Waals surface area contributed by atoms with E-state index in [1.807, 2.05) is 0 Å². The summed E-state index contributed by atoms with van der Waals surface area (Å²) < 4.78 is 12.3. The van der Waals surface area contributed by atoms with Crippen LogP contribution in [0.25, 0.3) is 0 Å². The first-order chi connectivity index (χ1) is 12.7. The highest BCUT2D eigenvalue weighted by atomic mass is 16.7. The molecule has 4 heteroatoms. The topological polar surface area (TPSA) is 21.7 Å². The number of rotatable bonds is 3. The molecule has 0 aliphatic carbocycles. The number of aryl methyl sites for hydroxylation is 2. The molecule has 142 valence electrons. The summed E-state index contributed by atoms with van der Waals surface area (Å²) in [4.78, 5) is 2.51. The number of hydrogen-bond donors (Lipinski definition) is 0. The van der Waals surface area contributed by atoms with Crippen LogP contribution in [0.5, 0.6) is 0 Å². The van der Waals surface area contributed by atoms with E-state index in [1.54, 1.807) is 0 Å². The fourth-order valence-corrected chi connectivity index (χ4v) is 3.90. The molecule has 0 aromatic heterocycles. The lowest BCUT2D eigenvalue weighted by Crippen LogP contribution is -2.41. The molecule has 2 aromatic rings. The van der Waals surface area contributed by atoms with E-state index in [2.05, 4.69) is 82.0 Å². The van der Waals surface area contributed by atoms with Gasteiger partial charge < -0.3 is 14.2 Å². The summed E-state index contributed by atoms with van der Waals surface area (Å²) in [5, 5.41) is 0. The summed E-state index contributed by atoms with van der Waals surface area (Å²) in [6.45, 7) is 12.6. The summed E-state index contributed by atoms with van der Waals surface area (Å²) >= 11 is 0. The van der Waals surface area contributed by atoms with Crippen molar-refractivity contribution >= 4 is 18.3 Å². The molecule has 1 saturated heterocycles. The van der Waals surface area contributed by atoms with Gasteiger partial charge in [0.2, 0.25) is 0 Å². The lowest BCUT2D eigenvalue weighted by Gasteiger charge is -2.32. The van der Waals surface area contributed by atoms with Crippen LogP contribution in [0, 0.1) is 6.92 Å². The summed E-state index contributed by atoms with van der Waals surface area (Å²) in [6.07, 6.45) is 2.41. The lowest BCUT2D eigenvalue weighted by atomic mass is 9.79. The van der Waals surface area contributed by atoms with Gasteiger partial charge in [-0.2, -0.15) is 0 Å². The van der Waals surface area contributed by atoms with Crippen molar-refractivity contribution in [3.8, 4) is 0 Å². The standard InChI is InChI=1S/C23H30BNO2/c1-17-8-11-19-7-6-14-25(21(19)15-17)16-18-9-12-20(13-10-18)24-26-22(2,3)23(4,5)27-24/h8-13,15H,6-7,14,16H2,1-5H3. The smallest absolute Gasteiger partial charge is 0.399 e. The number of benzene rings is 2. The Balaban J connectivity index is 1.49. The van der Waals surface area contributed by atoms with Gasteiger partial charge in [-0.15, -0.1) is 0 Å². The Morgan fingerprint density at radius 3 is 2.30 bits per heavy atom. The Bertz CT molecular complexity index is 813. The van der Waals surface area contributed by atoms with Crippen LogP contribution in [0.1, 0.15) is 50.8 Å². The molecule has 0 N–H and O–H groups in total. The summed E-state index contributed by atoms with van der Waals surface area (Å²) in [5.74, 6) is 0. The molecule has 0 radical (unpaired) electrons. The minimum absolute atomic E-state index is 0.289. The third kappa shape index (κ3) is 3.53. The first-order valence-corrected chi connectivity index (χ1v) is 10.0. The molecule has 2 aromatic carbocycles. The van der Waals surface area contributed by atoms with E-state index in [1.165, 1.54) is 35.2 Å². The first kappa shape index (κ1) is 18.6. The number of anilines is 1. The predicted octanol–water partition coefficient (Wildman–Crippen LogP) is 4.25. The molecule has 27 heavy (non-hydrogen) atoms. The predicted molar refractivity (Wildman–Crippen MR) is 113 cm³/mol. The van der Waals surface area contributed by atoms with Crippen LogP contribution in [-0.2, 0) is 22.3 Å². The maximum Gasteiger partial charge on any atom is 0.494 e. The van der Waals surface area contributed by atoms with E-state index in [0.717, 1.165) is 18.6 Å². The molecule has 1 fully saturated rings. The van der Waals surface area contributed by atoms with Gasteiger partial charge >= 0.3 is 7.12 Å². The van der Waals surface area contributed by atoms with Gasteiger partial charge in [-0.3, -0.25) is 0 Å². The second-order valence-corrected chi connectivity index (χ2v) is 8.99. The van der Waals surface area contributed by atoms with E-state index >= 15 is 0 Å². The minimum Gasteiger partial charge on any atom is -0.399 e. The highest BCUT2D eigenvalue weighted by molar-refractivity contribution is 6.62. The van der Waals surface area contributed by atoms with Gasteiger partial charge in [0.15, 0.2) is 0 Å². The van der Waals surface area contributed by atoms with Crippen molar-refractivity contribution in [1.29, 1.82) is 0 Å². The third-order valence-corrected chi connectivity index (χ3v) is 6.33. The van der Waals surface area contributed by atoms with Crippen molar-refractivity contribution in [3.05, 3.63) is 59.2 Å². The van der Waals surface area contributed by atoms with Crippen LogP contribution in [-0.4, -0.2) is 24.9 Å². The highest BCUT2D eigenvalue weighted by Crippen LogP contribution is 2.36. The first-order valence-electron chi connectivity index (χ1n) is 10.0. The summed E-state index contributed by atoms with van der Waals surface area (Å²) in [6, 6.07) is 15.6. The number of hydrogen-bond acceptors (Lipinski definition) is 3. The van der Waals surface area contributed by atoms with Gasteiger partial charge in [0, 0.05) is 18.8 Å². The number of nitrogens with zero attached hydrogens (tertiary/aromatic N) is 1. The fraction of sp³-hybridized carbons (Fsp3) is 0.478. The minimum atomic E-state index is -0.300. The second-order valence-electron chi connectivity index (χ2n) is 8.99. The monoisotopic (exact) mass is 363 g/mol. The van der Waals surface area contributed by atoms with Gasteiger partial charge in [-0.25, -0.2) is 0 Å². The van der Waals surface area contributed by atoms with E-state index in [4.69, 9.17) is 9.31 Å². The zero-order chi connectivity index (χ0) is 19.2. The average molecular weight is 363 g/mol. The molecule has 0 spiro atoms. The second kappa shape index (κ2) is 6.68. The van der Waals surface area contributed by atoms with Crippen molar-refractivity contribution in [3.63, 3.8) is 0 Å². The molecule has 0 saturated carbocycles. The maximum atomic E-state index is 6.17.